The molecule has 3 rings (SSSR count). The van der Waals surface area contributed by atoms with Crippen LogP contribution in [0.3, 0.4) is 0 Å². The fourth-order valence-corrected chi connectivity index (χ4v) is 3.54. The number of anilines is 1. The molecule has 1 saturated carbocycles. The Morgan fingerprint density at radius 3 is 2.68 bits per heavy atom. The van der Waals surface area contributed by atoms with E-state index in [4.69, 9.17) is 0 Å². The van der Waals surface area contributed by atoms with Crippen molar-refractivity contribution < 1.29 is 4.79 Å². The summed E-state index contributed by atoms with van der Waals surface area (Å²) in [5, 5.41) is 3.67. The van der Waals surface area contributed by atoms with Crippen LogP contribution in [0.25, 0.3) is 0 Å². The lowest BCUT2D eigenvalue weighted by molar-refractivity contribution is 0.0378. The quantitative estimate of drug-likeness (QED) is 0.878. The van der Waals surface area contributed by atoms with Gasteiger partial charge in [0.05, 0.1) is 5.56 Å². The van der Waals surface area contributed by atoms with E-state index in [2.05, 4.69) is 24.1 Å². The minimum atomic E-state index is -0.138. The number of para-hydroxylation sites is 1. The van der Waals surface area contributed by atoms with Crippen LogP contribution in [0.5, 0.6) is 0 Å². The van der Waals surface area contributed by atoms with Crippen LogP contribution in [0.2, 0.25) is 0 Å². The van der Waals surface area contributed by atoms with E-state index in [1.54, 1.807) is 0 Å². The molecule has 1 N–H and O–H groups in total. The Bertz CT molecular complexity index is 491. The molecule has 1 aliphatic heterocycles. The third-order valence-electron chi connectivity index (χ3n) is 4.67. The number of hydrogen-bond donors (Lipinski definition) is 1. The molecule has 1 unspecified atom stereocenters. The molecule has 3 heteroatoms. The minimum absolute atomic E-state index is 0.138. The second-order valence-electron chi connectivity index (χ2n) is 5.84. The third kappa shape index (κ3) is 1.83. The Morgan fingerprint density at radius 2 is 2.00 bits per heavy atom. The Kier molecular flexibility index (Phi) is 3.00. The number of carbonyl (C=O) groups is 1. The molecule has 1 spiro atoms. The van der Waals surface area contributed by atoms with Crippen LogP contribution in [0.1, 0.15) is 56.3 Å². The van der Waals surface area contributed by atoms with Gasteiger partial charge in [0.25, 0.3) is 5.91 Å². The second-order valence-corrected chi connectivity index (χ2v) is 5.84. The minimum Gasteiger partial charge on any atom is -0.362 e. The molecule has 1 heterocycles. The van der Waals surface area contributed by atoms with Crippen LogP contribution in [-0.4, -0.2) is 22.5 Å². The van der Waals surface area contributed by atoms with Crippen LogP contribution in [0, 0.1) is 0 Å². The highest BCUT2D eigenvalue weighted by Gasteiger charge is 2.47. The fourth-order valence-electron chi connectivity index (χ4n) is 3.54. The smallest absolute Gasteiger partial charge is 0.258 e. The molecule has 1 atom stereocenters. The number of nitrogens with zero attached hydrogens (tertiary/aromatic N) is 1. The molecule has 0 saturated heterocycles. The summed E-state index contributed by atoms with van der Waals surface area (Å²) >= 11 is 0. The summed E-state index contributed by atoms with van der Waals surface area (Å²) in [6.07, 6.45) is 5.54. The summed E-state index contributed by atoms with van der Waals surface area (Å²) < 4.78 is 0. The molecule has 19 heavy (non-hydrogen) atoms. The predicted molar refractivity (Wildman–Crippen MR) is 77.2 cm³/mol. The van der Waals surface area contributed by atoms with E-state index in [0.29, 0.717) is 0 Å². The zero-order valence-corrected chi connectivity index (χ0v) is 11.8. The molecular formula is C16H22N2O. The van der Waals surface area contributed by atoms with Gasteiger partial charge in [-0.15, -0.1) is 0 Å². The van der Waals surface area contributed by atoms with Crippen LogP contribution in [-0.2, 0) is 0 Å². The molecule has 1 aromatic rings. The predicted octanol–water partition coefficient (Wildman–Crippen LogP) is 3.62. The van der Waals surface area contributed by atoms with Gasteiger partial charge in [-0.1, -0.05) is 19.1 Å². The summed E-state index contributed by atoms with van der Waals surface area (Å²) in [5.74, 6) is 0.200. The average molecular weight is 258 g/mol. The molecule has 0 bridgehead atoms. The van der Waals surface area contributed by atoms with Crippen LogP contribution in [0.15, 0.2) is 24.3 Å². The highest BCUT2D eigenvalue weighted by Crippen LogP contribution is 2.42. The standard InChI is InChI=1S/C16H22N2O/c1-3-12(2)18-15(19)13-8-4-5-9-14(13)17-16(18)10-6-7-11-16/h4-5,8-9,12,17H,3,6-7,10-11H2,1-2H3. The number of nitrogens with one attached hydrogen (secondary N) is 1. The van der Waals surface area contributed by atoms with Gasteiger partial charge in [-0.3, -0.25) is 4.79 Å². The average Bonchev–Trinajstić information content (AvgIpc) is 2.87. The van der Waals surface area contributed by atoms with Crippen molar-refractivity contribution in [2.45, 2.75) is 57.7 Å². The number of hydrogen-bond acceptors (Lipinski definition) is 2. The first-order valence-electron chi connectivity index (χ1n) is 7.39. The van der Waals surface area contributed by atoms with Crippen LogP contribution >= 0.6 is 0 Å². The summed E-state index contributed by atoms with van der Waals surface area (Å²) in [5.41, 5.74) is 1.69. The SMILES string of the molecule is CCC(C)N1C(=O)c2ccccc2NC12CCCC2. The van der Waals surface area contributed by atoms with Crippen molar-refractivity contribution >= 4 is 11.6 Å². The molecule has 2 aliphatic rings. The van der Waals surface area contributed by atoms with Gasteiger partial charge in [-0.2, -0.15) is 0 Å². The Labute approximate surface area is 115 Å². The largest absolute Gasteiger partial charge is 0.362 e. The molecule has 1 aliphatic carbocycles. The molecule has 0 aromatic heterocycles. The lowest BCUT2D eigenvalue weighted by Crippen LogP contribution is -2.61. The van der Waals surface area contributed by atoms with E-state index in [1.165, 1.54) is 12.8 Å². The third-order valence-corrected chi connectivity index (χ3v) is 4.67. The first-order chi connectivity index (χ1) is 9.18. The topological polar surface area (TPSA) is 32.3 Å². The summed E-state index contributed by atoms with van der Waals surface area (Å²) in [6, 6.07) is 8.19. The Balaban J connectivity index is 2.08. The molecule has 3 nitrogen and oxygen atoms in total. The van der Waals surface area contributed by atoms with Gasteiger partial charge >= 0.3 is 0 Å². The number of carbonyl (C=O) groups excluding carboxylic acids is 1. The summed E-state index contributed by atoms with van der Waals surface area (Å²) in [4.78, 5) is 15.0. The van der Waals surface area contributed by atoms with E-state index < -0.39 is 0 Å². The maximum Gasteiger partial charge on any atom is 0.258 e. The van der Waals surface area contributed by atoms with Gasteiger partial charge in [0.2, 0.25) is 0 Å². The number of fused-ring (bicyclic) bond motifs is 1. The van der Waals surface area contributed by atoms with Crippen LogP contribution in [0.4, 0.5) is 5.69 Å². The Hall–Kier alpha value is -1.51. The van der Waals surface area contributed by atoms with Crippen molar-refractivity contribution in [3.05, 3.63) is 29.8 Å². The lowest BCUT2D eigenvalue weighted by Gasteiger charge is -2.49. The van der Waals surface area contributed by atoms with Crippen molar-refractivity contribution in [1.29, 1.82) is 0 Å². The zero-order valence-electron chi connectivity index (χ0n) is 11.8. The van der Waals surface area contributed by atoms with E-state index >= 15 is 0 Å². The highest BCUT2D eigenvalue weighted by atomic mass is 16.2. The molecular weight excluding hydrogens is 236 g/mol. The van der Waals surface area contributed by atoms with Gasteiger partial charge in [-0.05, 0) is 51.2 Å². The van der Waals surface area contributed by atoms with Crippen molar-refractivity contribution in [3.8, 4) is 0 Å². The van der Waals surface area contributed by atoms with Crippen molar-refractivity contribution in [3.63, 3.8) is 0 Å². The normalized spacial score (nSPS) is 22.2. The second kappa shape index (κ2) is 4.55. The van der Waals surface area contributed by atoms with Crippen LogP contribution < -0.4 is 5.32 Å². The first kappa shape index (κ1) is 12.5. The molecule has 0 radical (unpaired) electrons. The van der Waals surface area contributed by atoms with Crippen molar-refractivity contribution in [1.82, 2.24) is 4.90 Å². The molecule has 1 aromatic carbocycles. The maximum atomic E-state index is 12.9. The maximum absolute atomic E-state index is 12.9. The van der Waals surface area contributed by atoms with E-state index in [9.17, 15) is 4.79 Å². The fraction of sp³-hybridized carbons (Fsp3) is 0.562. The van der Waals surface area contributed by atoms with E-state index in [1.807, 2.05) is 24.3 Å². The molecule has 1 amide bonds. The number of amides is 1. The lowest BCUT2D eigenvalue weighted by atomic mass is 9.95. The van der Waals surface area contributed by atoms with Crippen molar-refractivity contribution in [2.24, 2.45) is 0 Å². The van der Waals surface area contributed by atoms with E-state index in [0.717, 1.165) is 30.5 Å². The molecule has 102 valence electrons. The van der Waals surface area contributed by atoms with Crippen molar-refractivity contribution in [2.75, 3.05) is 5.32 Å². The molecule has 1 fully saturated rings. The Morgan fingerprint density at radius 1 is 1.32 bits per heavy atom. The van der Waals surface area contributed by atoms with Gasteiger partial charge in [0.15, 0.2) is 0 Å². The first-order valence-corrected chi connectivity index (χ1v) is 7.39. The van der Waals surface area contributed by atoms with Gasteiger partial charge in [0.1, 0.15) is 5.66 Å². The van der Waals surface area contributed by atoms with E-state index in [-0.39, 0.29) is 17.6 Å². The highest BCUT2D eigenvalue weighted by molar-refractivity contribution is 6.02. The summed E-state index contributed by atoms with van der Waals surface area (Å²) in [7, 11) is 0. The monoisotopic (exact) mass is 258 g/mol. The van der Waals surface area contributed by atoms with Gasteiger partial charge < -0.3 is 10.2 Å². The summed E-state index contributed by atoms with van der Waals surface area (Å²) in [6.45, 7) is 4.31. The number of rotatable bonds is 2. The zero-order chi connectivity index (χ0) is 13.5. The van der Waals surface area contributed by atoms with Gasteiger partial charge in [0, 0.05) is 11.7 Å². The number of benzene rings is 1. The van der Waals surface area contributed by atoms with Gasteiger partial charge in [-0.25, -0.2) is 0 Å².